The molecule has 2 rings (SSSR count). The highest BCUT2D eigenvalue weighted by Crippen LogP contribution is 2.34. The van der Waals surface area contributed by atoms with Crippen molar-refractivity contribution in [1.82, 2.24) is 10.2 Å². The molecule has 1 heterocycles. The van der Waals surface area contributed by atoms with E-state index < -0.39 is 15.5 Å². The van der Waals surface area contributed by atoms with Crippen molar-refractivity contribution < 1.29 is 13.4 Å². The van der Waals surface area contributed by atoms with Crippen molar-refractivity contribution in [3.05, 3.63) is 30.1 Å². The fraction of sp³-hybridized carbons (Fsp3) is 0.611. The van der Waals surface area contributed by atoms with E-state index in [1.807, 2.05) is 6.92 Å². The normalized spacial score (nSPS) is 20.3. The van der Waals surface area contributed by atoms with Crippen molar-refractivity contribution in [2.75, 3.05) is 19.6 Å². The Morgan fingerprint density at radius 2 is 1.88 bits per heavy atom. The van der Waals surface area contributed by atoms with Gasteiger partial charge in [-0.2, -0.15) is 0 Å². The number of hydrogen-bond acceptors (Lipinski definition) is 3. The molecule has 0 bridgehead atoms. The molecule has 0 radical (unpaired) electrons. The van der Waals surface area contributed by atoms with Gasteiger partial charge in [0.1, 0.15) is 10.6 Å². The summed E-state index contributed by atoms with van der Waals surface area (Å²) < 4.78 is 25.4. The van der Waals surface area contributed by atoms with Gasteiger partial charge in [-0.3, -0.25) is 9.00 Å². The van der Waals surface area contributed by atoms with E-state index in [-0.39, 0.29) is 11.7 Å². The maximum absolute atomic E-state index is 13.2. The molecular formula is C18H27FN2O2S. The van der Waals surface area contributed by atoms with Gasteiger partial charge >= 0.3 is 0 Å². The third-order valence-corrected chi connectivity index (χ3v) is 6.96. The number of hydrogen-bond donors (Lipinski definition) is 1. The Morgan fingerprint density at radius 1 is 1.29 bits per heavy atom. The maximum atomic E-state index is 13.2. The predicted molar refractivity (Wildman–Crippen MR) is 94.8 cm³/mol. The Morgan fingerprint density at radius 3 is 2.38 bits per heavy atom. The van der Waals surface area contributed by atoms with Crippen molar-refractivity contribution in [1.29, 1.82) is 0 Å². The molecule has 2 unspecified atom stereocenters. The number of halogens is 1. The summed E-state index contributed by atoms with van der Waals surface area (Å²) in [7, 11) is -1.50. The number of amides is 1. The van der Waals surface area contributed by atoms with E-state index in [0.717, 1.165) is 19.5 Å². The first-order valence-electron chi connectivity index (χ1n) is 8.64. The van der Waals surface area contributed by atoms with Gasteiger partial charge in [0.2, 0.25) is 5.91 Å². The lowest BCUT2D eigenvalue weighted by atomic mass is 9.93. The Labute approximate surface area is 146 Å². The van der Waals surface area contributed by atoms with Gasteiger partial charge in [-0.25, -0.2) is 4.39 Å². The highest BCUT2D eigenvalue weighted by Gasteiger charge is 2.47. The first-order valence-corrected chi connectivity index (χ1v) is 9.79. The minimum absolute atomic E-state index is 0.156. The van der Waals surface area contributed by atoms with Crippen LogP contribution in [0.4, 0.5) is 4.39 Å². The zero-order valence-electron chi connectivity index (χ0n) is 14.7. The molecule has 1 aromatic carbocycles. The summed E-state index contributed by atoms with van der Waals surface area (Å²) in [6, 6.07) is 6.09. The Hall–Kier alpha value is -1.27. The van der Waals surface area contributed by atoms with Gasteiger partial charge in [-0.1, -0.05) is 6.92 Å². The highest BCUT2D eigenvalue weighted by molar-refractivity contribution is 7.87. The number of carbonyl (C=O) groups excluding carboxylic acids is 1. The molecule has 1 aromatic rings. The summed E-state index contributed by atoms with van der Waals surface area (Å²) in [5.74, 6) is -0.522. The van der Waals surface area contributed by atoms with Gasteiger partial charge in [-0.05, 0) is 57.4 Å². The molecule has 6 heteroatoms. The minimum atomic E-state index is -1.50. The molecule has 2 atom stereocenters. The quantitative estimate of drug-likeness (QED) is 0.854. The lowest BCUT2D eigenvalue weighted by molar-refractivity contribution is -0.124. The van der Waals surface area contributed by atoms with Crippen LogP contribution in [-0.4, -0.2) is 45.4 Å². The fourth-order valence-corrected chi connectivity index (χ4v) is 4.81. The van der Waals surface area contributed by atoms with Crippen LogP contribution in [0.15, 0.2) is 29.2 Å². The van der Waals surface area contributed by atoms with E-state index in [2.05, 4.69) is 24.1 Å². The van der Waals surface area contributed by atoms with Crippen LogP contribution in [0.3, 0.4) is 0 Å². The van der Waals surface area contributed by atoms with Crippen LogP contribution >= 0.6 is 0 Å². The van der Waals surface area contributed by atoms with Crippen LogP contribution in [0.2, 0.25) is 0 Å². The number of nitrogens with one attached hydrogen (secondary N) is 1. The third-order valence-electron chi connectivity index (χ3n) is 4.95. The molecule has 134 valence electrons. The molecule has 4 nitrogen and oxygen atoms in total. The number of benzene rings is 1. The van der Waals surface area contributed by atoms with E-state index in [1.54, 1.807) is 0 Å². The van der Waals surface area contributed by atoms with Gasteiger partial charge in [0.15, 0.2) is 0 Å². The van der Waals surface area contributed by atoms with E-state index in [1.165, 1.54) is 24.3 Å². The number of likely N-dealkylation sites (tertiary alicyclic amines) is 1. The second kappa shape index (κ2) is 8.21. The molecule has 1 N–H and O–H groups in total. The van der Waals surface area contributed by atoms with E-state index >= 15 is 0 Å². The maximum Gasteiger partial charge on any atom is 0.239 e. The topological polar surface area (TPSA) is 49.4 Å². The Kier molecular flexibility index (Phi) is 6.52. The first kappa shape index (κ1) is 19.1. The van der Waals surface area contributed by atoms with Crippen LogP contribution in [0, 0.1) is 5.82 Å². The molecular weight excluding hydrogens is 327 g/mol. The molecule has 1 saturated heterocycles. The van der Waals surface area contributed by atoms with Crippen molar-refractivity contribution in [3.8, 4) is 0 Å². The molecule has 1 aliphatic rings. The number of nitrogens with zero attached hydrogens (tertiary/aromatic N) is 1. The molecule has 1 amide bonds. The van der Waals surface area contributed by atoms with Crippen LogP contribution in [0.25, 0.3) is 0 Å². The molecule has 1 aliphatic heterocycles. The first-order chi connectivity index (χ1) is 11.4. The van der Waals surface area contributed by atoms with E-state index in [4.69, 9.17) is 0 Å². The summed E-state index contributed by atoms with van der Waals surface area (Å²) in [6.07, 6.45) is 2.15. The van der Waals surface area contributed by atoms with Crippen molar-refractivity contribution >= 4 is 16.7 Å². The molecule has 1 fully saturated rings. The smallest absolute Gasteiger partial charge is 0.239 e. The highest BCUT2D eigenvalue weighted by atomic mass is 32.2. The lowest BCUT2D eigenvalue weighted by Gasteiger charge is -2.41. The van der Waals surface area contributed by atoms with Crippen LogP contribution in [-0.2, 0) is 15.6 Å². The summed E-state index contributed by atoms with van der Waals surface area (Å²) in [5, 5.41) is 2.85. The van der Waals surface area contributed by atoms with Crippen LogP contribution in [0.1, 0.15) is 40.0 Å². The lowest BCUT2D eigenvalue weighted by Crippen LogP contribution is -2.57. The number of piperidine rings is 1. The Balaban J connectivity index is 2.27. The van der Waals surface area contributed by atoms with Gasteiger partial charge in [0.05, 0.1) is 10.8 Å². The van der Waals surface area contributed by atoms with Gasteiger partial charge < -0.3 is 10.2 Å². The average Bonchev–Trinajstić information content (AvgIpc) is 2.61. The van der Waals surface area contributed by atoms with Crippen LogP contribution < -0.4 is 5.32 Å². The second-order valence-electron chi connectivity index (χ2n) is 6.37. The van der Waals surface area contributed by atoms with Crippen molar-refractivity contribution in [2.45, 2.75) is 55.7 Å². The fourth-order valence-electron chi connectivity index (χ4n) is 3.19. The third kappa shape index (κ3) is 3.86. The molecule has 0 aliphatic carbocycles. The molecule has 24 heavy (non-hydrogen) atoms. The van der Waals surface area contributed by atoms with Gasteiger partial charge in [0, 0.05) is 30.6 Å². The minimum Gasteiger partial charge on any atom is -0.355 e. The summed E-state index contributed by atoms with van der Waals surface area (Å²) in [6.45, 7) is 8.19. The molecule has 0 spiro atoms. The average molecular weight is 354 g/mol. The predicted octanol–water partition coefficient (Wildman–Crippen LogP) is 2.70. The number of rotatable bonds is 6. The summed E-state index contributed by atoms with van der Waals surface area (Å²) in [5.41, 5.74) is 0. The standard InChI is InChI=1S/C18H27FN2O2S/c1-4-14(3)21-12-10-18(11-13-21,17(22)20-5-2)24(23)16-8-6-15(19)7-9-16/h6-9,14H,4-5,10-13H2,1-3H3,(H,20,22). The van der Waals surface area contributed by atoms with E-state index in [9.17, 15) is 13.4 Å². The van der Waals surface area contributed by atoms with Crippen molar-refractivity contribution in [3.63, 3.8) is 0 Å². The largest absolute Gasteiger partial charge is 0.355 e. The molecule has 0 aromatic heterocycles. The van der Waals surface area contributed by atoms with E-state index in [0.29, 0.717) is 30.3 Å². The summed E-state index contributed by atoms with van der Waals surface area (Å²) >= 11 is 0. The zero-order valence-corrected chi connectivity index (χ0v) is 15.5. The SMILES string of the molecule is CCNC(=O)C1(S(=O)c2ccc(F)cc2)CCN(C(C)CC)CC1. The van der Waals surface area contributed by atoms with Gasteiger partial charge in [-0.15, -0.1) is 0 Å². The van der Waals surface area contributed by atoms with Gasteiger partial charge in [0.25, 0.3) is 0 Å². The monoisotopic (exact) mass is 354 g/mol. The second-order valence-corrected chi connectivity index (χ2v) is 8.16. The zero-order chi connectivity index (χ0) is 17.7. The van der Waals surface area contributed by atoms with Crippen LogP contribution in [0.5, 0.6) is 0 Å². The summed E-state index contributed by atoms with van der Waals surface area (Å²) in [4.78, 5) is 15.6. The molecule has 0 saturated carbocycles. The Bertz CT molecular complexity index is 583. The van der Waals surface area contributed by atoms with Crippen molar-refractivity contribution in [2.24, 2.45) is 0 Å². The number of carbonyl (C=O) groups is 1.